The molecule has 5 rings (SSSR count). The van der Waals surface area contributed by atoms with Gasteiger partial charge >= 0.3 is 0 Å². The SMILES string of the molecule is CS(=O)(=O)N(c1ccc(Nc2ncc3cnn(-c4ccc(O)c5c4CCCC5)c3n2)cc1)S(C)(=O)=O. The molecule has 0 atom stereocenters. The van der Waals surface area contributed by atoms with Crippen LogP contribution in [0.15, 0.2) is 48.8 Å². The minimum absolute atomic E-state index is 0.00268. The van der Waals surface area contributed by atoms with Crippen molar-refractivity contribution in [2.45, 2.75) is 25.7 Å². The van der Waals surface area contributed by atoms with E-state index in [1.807, 2.05) is 6.07 Å². The van der Waals surface area contributed by atoms with E-state index in [9.17, 15) is 21.9 Å². The van der Waals surface area contributed by atoms with E-state index < -0.39 is 20.0 Å². The van der Waals surface area contributed by atoms with Crippen molar-refractivity contribution in [3.8, 4) is 11.4 Å². The summed E-state index contributed by atoms with van der Waals surface area (Å²) in [6, 6.07) is 9.38. The molecule has 0 unspecified atom stereocenters. The highest BCUT2D eigenvalue weighted by atomic mass is 32.3. The minimum atomic E-state index is -4.03. The lowest BCUT2D eigenvalue weighted by Crippen LogP contribution is -2.35. The number of rotatable bonds is 6. The van der Waals surface area contributed by atoms with Crippen molar-refractivity contribution in [3.05, 3.63) is 59.9 Å². The van der Waals surface area contributed by atoms with E-state index in [-0.39, 0.29) is 11.6 Å². The van der Waals surface area contributed by atoms with Gasteiger partial charge in [-0.15, -0.1) is 0 Å². The molecular weight excluding hydrogens is 504 g/mol. The van der Waals surface area contributed by atoms with Gasteiger partial charge in [0, 0.05) is 11.9 Å². The Balaban J connectivity index is 1.48. The van der Waals surface area contributed by atoms with Gasteiger partial charge in [0.05, 0.1) is 35.5 Å². The van der Waals surface area contributed by atoms with Crippen molar-refractivity contribution in [1.29, 1.82) is 0 Å². The third kappa shape index (κ3) is 4.46. The van der Waals surface area contributed by atoms with Crippen molar-refractivity contribution in [2.24, 2.45) is 0 Å². The Labute approximate surface area is 208 Å². The number of hydrogen-bond donors (Lipinski definition) is 2. The maximum absolute atomic E-state index is 12.0. The van der Waals surface area contributed by atoms with Crippen LogP contribution in [-0.2, 0) is 32.9 Å². The predicted molar refractivity (Wildman–Crippen MR) is 137 cm³/mol. The van der Waals surface area contributed by atoms with Gasteiger partial charge in [0.15, 0.2) is 5.65 Å². The molecule has 11 nitrogen and oxygen atoms in total. The number of sulfonamides is 2. The van der Waals surface area contributed by atoms with Gasteiger partial charge in [0.1, 0.15) is 5.75 Å². The molecular formula is C23H24N6O5S2. The molecule has 0 amide bonds. The van der Waals surface area contributed by atoms with Crippen LogP contribution in [0.4, 0.5) is 17.3 Å². The minimum Gasteiger partial charge on any atom is -0.508 e. The van der Waals surface area contributed by atoms with Crippen molar-refractivity contribution in [1.82, 2.24) is 19.7 Å². The van der Waals surface area contributed by atoms with Gasteiger partial charge in [0.25, 0.3) is 0 Å². The second-order valence-electron chi connectivity index (χ2n) is 8.69. The number of nitrogens with zero attached hydrogens (tertiary/aromatic N) is 5. The number of hydrogen-bond acceptors (Lipinski definition) is 9. The molecule has 0 radical (unpaired) electrons. The van der Waals surface area contributed by atoms with Crippen LogP contribution in [0.25, 0.3) is 16.7 Å². The first-order valence-corrected chi connectivity index (χ1v) is 14.8. The molecule has 0 spiro atoms. The maximum Gasteiger partial charge on any atom is 0.245 e. The normalized spacial score (nSPS) is 13.9. The summed E-state index contributed by atoms with van der Waals surface area (Å²) in [4.78, 5) is 8.96. The average Bonchev–Trinajstić information content (AvgIpc) is 3.22. The highest BCUT2D eigenvalue weighted by molar-refractivity contribution is 8.09. The summed E-state index contributed by atoms with van der Waals surface area (Å²) in [5, 5.41) is 18.6. The van der Waals surface area contributed by atoms with Crippen LogP contribution in [0, 0.1) is 0 Å². The topological polar surface area (TPSA) is 147 Å². The van der Waals surface area contributed by atoms with Crippen LogP contribution in [-0.4, -0.2) is 54.2 Å². The second kappa shape index (κ2) is 8.75. The van der Waals surface area contributed by atoms with Crippen LogP contribution in [0.2, 0.25) is 0 Å². The summed E-state index contributed by atoms with van der Waals surface area (Å²) in [7, 11) is -8.06. The zero-order chi connectivity index (χ0) is 25.7. The molecule has 188 valence electrons. The van der Waals surface area contributed by atoms with Gasteiger partial charge in [-0.1, -0.05) is 0 Å². The summed E-state index contributed by atoms with van der Waals surface area (Å²) in [6.45, 7) is 0. The molecule has 2 heterocycles. The first-order valence-electron chi connectivity index (χ1n) is 11.1. The summed E-state index contributed by atoms with van der Waals surface area (Å²) in [5.74, 6) is 0.586. The molecule has 13 heteroatoms. The van der Waals surface area contributed by atoms with E-state index in [4.69, 9.17) is 0 Å². The molecule has 0 saturated heterocycles. The highest BCUT2D eigenvalue weighted by Gasteiger charge is 2.27. The van der Waals surface area contributed by atoms with Crippen LogP contribution in [0.3, 0.4) is 0 Å². The highest BCUT2D eigenvalue weighted by Crippen LogP contribution is 2.34. The molecule has 0 aliphatic heterocycles. The number of phenols is 1. The average molecular weight is 529 g/mol. The quantitative estimate of drug-likeness (QED) is 0.385. The van der Waals surface area contributed by atoms with E-state index in [0.717, 1.165) is 60.4 Å². The zero-order valence-corrected chi connectivity index (χ0v) is 21.2. The fourth-order valence-electron chi connectivity index (χ4n) is 4.51. The number of aromatic hydroxyl groups is 1. The Morgan fingerprint density at radius 3 is 2.25 bits per heavy atom. The Hall–Kier alpha value is -3.71. The van der Waals surface area contributed by atoms with Crippen molar-refractivity contribution < 1.29 is 21.9 Å². The zero-order valence-electron chi connectivity index (χ0n) is 19.6. The summed E-state index contributed by atoms with van der Waals surface area (Å²) in [6.07, 6.45) is 8.73. The molecule has 36 heavy (non-hydrogen) atoms. The van der Waals surface area contributed by atoms with Gasteiger partial charge < -0.3 is 10.4 Å². The van der Waals surface area contributed by atoms with Crippen LogP contribution >= 0.6 is 0 Å². The summed E-state index contributed by atoms with van der Waals surface area (Å²) >= 11 is 0. The Morgan fingerprint density at radius 2 is 1.58 bits per heavy atom. The summed E-state index contributed by atoms with van der Waals surface area (Å²) in [5.41, 5.74) is 4.00. The third-order valence-corrected chi connectivity index (χ3v) is 9.21. The molecule has 4 aromatic rings. The molecule has 1 aliphatic carbocycles. The first-order chi connectivity index (χ1) is 17.0. The predicted octanol–water partition coefficient (Wildman–Crippen LogP) is 2.87. The standard InChI is InChI=1S/C23H24N6O5S2/c1-35(31,32)29(36(2,33)34)17-9-7-16(8-10-17)26-23-24-13-15-14-25-28(22(15)27-23)20-11-12-21(30)19-6-4-3-5-18(19)20/h7-14,30H,3-6H2,1-2H3,(H,24,26,27). The van der Waals surface area contributed by atoms with Gasteiger partial charge in [-0.2, -0.15) is 13.8 Å². The molecule has 0 bridgehead atoms. The molecule has 0 fully saturated rings. The monoisotopic (exact) mass is 528 g/mol. The third-order valence-electron chi connectivity index (χ3n) is 5.96. The van der Waals surface area contributed by atoms with Gasteiger partial charge in [-0.3, -0.25) is 0 Å². The molecule has 2 aromatic carbocycles. The van der Waals surface area contributed by atoms with E-state index in [2.05, 4.69) is 20.4 Å². The smallest absolute Gasteiger partial charge is 0.245 e. The van der Waals surface area contributed by atoms with Crippen LogP contribution in [0.5, 0.6) is 5.75 Å². The van der Waals surface area contributed by atoms with E-state index >= 15 is 0 Å². The van der Waals surface area contributed by atoms with Gasteiger partial charge in [0.2, 0.25) is 26.0 Å². The Kier molecular flexibility index (Phi) is 5.83. The molecule has 0 saturated carbocycles. The molecule has 1 aliphatic rings. The molecule has 2 N–H and O–H groups in total. The number of phenolic OH excluding ortho intramolecular Hbond substituents is 1. The fourth-order valence-corrected chi connectivity index (χ4v) is 7.48. The van der Waals surface area contributed by atoms with Crippen molar-refractivity contribution in [3.63, 3.8) is 0 Å². The molecule has 2 aromatic heterocycles. The van der Waals surface area contributed by atoms with E-state index in [1.165, 1.54) is 12.1 Å². The summed E-state index contributed by atoms with van der Waals surface area (Å²) < 4.78 is 50.1. The Bertz CT molecular complexity index is 1650. The lowest BCUT2D eigenvalue weighted by Gasteiger charge is -2.20. The van der Waals surface area contributed by atoms with Crippen molar-refractivity contribution in [2.75, 3.05) is 21.5 Å². The lowest BCUT2D eigenvalue weighted by molar-refractivity contribution is 0.461. The lowest BCUT2D eigenvalue weighted by atomic mass is 9.89. The number of aromatic nitrogens is 4. The van der Waals surface area contributed by atoms with Crippen molar-refractivity contribution >= 4 is 48.4 Å². The number of benzene rings is 2. The fraction of sp³-hybridized carbons (Fsp3) is 0.261. The number of nitrogens with one attached hydrogen (secondary N) is 1. The maximum atomic E-state index is 12.0. The van der Waals surface area contributed by atoms with Gasteiger partial charge in [-0.25, -0.2) is 26.5 Å². The van der Waals surface area contributed by atoms with Crippen LogP contribution in [0.1, 0.15) is 24.0 Å². The van der Waals surface area contributed by atoms with E-state index in [0.29, 0.717) is 20.8 Å². The van der Waals surface area contributed by atoms with Crippen LogP contribution < -0.4 is 9.03 Å². The number of fused-ring (bicyclic) bond motifs is 2. The van der Waals surface area contributed by atoms with E-state index in [1.54, 1.807) is 35.3 Å². The number of anilines is 3. The van der Waals surface area contributed by atoms with Gasteiger partial charge in [-0.05, 0) is 73.2 Å². The second-order valence-corrected chi connectivity index (χ2v) is 12.6. The first kappa shape index (κ1) is 24.0. The largest absolute Gasteiger partial charge is 0.508 e. The Morgan fingerprint density at radius 1 is 0.917 bits per heavy atom.